The molecule has 0 aliphatic rings. The lowest BCUT2D eigenvalue weighted by molar-refractivity contribution is -0.137. The van der Waals surface area contributed by atoms with E-state index in [-0.39, 0.29) is 0 Å². The summed E-state index contributed by atoms with van der Waals surface area (Å²) in [6.45, 7) is 8.35. The van der Waals surface area contributed by atoms with E-state index in [0.717, 1.165) is 37.2 Å². The molecule has 0 radical (unpaired) electrons. The number of nitrogens with zero attached hydrogens (tertiary/aromatic N) is 1. The van der Waals surface area contributed by atoms with Crippen LogP contribution in [0.3, 0.4) is 0 Å². The number of rotatable bonds is 11. The molecular formula is C19H28F3N. The topological polar surface area (TPSA) is 3.24 Å². The summed E-state index contributed by atoms with van der Waals surface area (Å²) < 4.78 is 37.7. The van der Waals surface area contributed by atoms with E-state index in [4.69, 9.17) is 0 Å². The average molecular weight is 327 g/mol. The van der Waals surface area contributed by atoms with Gasteiger partial charge in [-0.2, -0.15) is 13.2 Å². The van der Waals surface area contributed by atoms with Gasteiger partial charge in [0.25, 0.3) is 0 Å². The van der Waals surface area contributed by atoms with Crippen LogP contribution in [0.1, 0.15) is 56.6 Å². The minimum atomic E-state index is -4.27. The van der Waals surface area contributed by atoms with E-state index in [1.807, 2.05) is 6.08 Å². The number of hydrogen-bond acceptors (Lipinski definition) is 1. The summed E-state index contributed by atoms with van der Waals surface area (Å²) in [7, 11) is 0. The zero-order valence-corrected chi connectivity index (χ0v) is 14.0. The Labute approximate surface area is 138 Å². The van der Waals surface area contributed by atoms with Gasteiger partial charge >= 0.3 is 6.18 Å². The lowest BCUT2D eigenvalue weighted by Gasteiger charge is -2.21. The van der Waals surface area contributed by atoms with Crippen molar-refractivity contribution in [3.05, 3.63) is 48.0 Å². The van der Waals surface area contributed by atoms with Crippen molar-refractivity contribution in [2.75, 3.05) is 13.1 Å². The molecule has 130 valence electrons. The van der Waals surface area contributed by atoms with Gasteiger partial charge in [0.1, 0.15) is 0 Å². The third-order valence-corrected chi connectivity index (χ3v) is 3.90. The second-order valence-electron chi connectivity index (χ2n) is 5.99. The molecule has 1 rings (SSSR count). The molecule has 0 aliphatic carbocycles. The largest absolute Gasteiger partial charge is 0.416 e. The SMILES string of the molecule is C=CCN(CCCCCCCC)Cc1ccc(C(F)(F)F)cc1. The molecule has 0 fully saturated rings. The van der Waals surface area contributed by atoms with Crippen LogP contribution in [0, 0.1) is 0 Å². The predicted octanol–water partition coefficient (Wildman–Crippen LogP) is 6.05. The van der Waals surface area contributed by atoms with E-state index < -0.39 is 11.7 Å². The summed E-state index contributed by atoms with van der Waals surface area (Å²) in [5.74, 6) is 0. The molecule has 0 heterocycles. The van der Waals surface area contributed by atoms with Gasteiger partial charge in [-0.15, -0.1) is 6.58 Å². The number of unbranched alkanes of at least 4 members (excludes halogenated alkanes) is 5. The van der Waals surface area contributed by atoms with Gasteiger partial charge in [-0.1, -0.05) is 57.2 Å². The Hall–Kier alpha value is -1.29. The first-order chi connectivity index (χ1) is 11.0. The molecule has 1 aromatic rings. The van der Waals surface area contributed by atoms with E-state index in [9.17, 15) is 13.2 Å². The highest BCUT2D eigenvalue weighted by molar-refractivity contribution is 5.24. The molecule has 0 bridgehead atoms. The lowest BCUT2D eigenvalue weighted by atomic mass is 10.1. The third kappa shape index (κ3) is 8.21. The minimum absolute atomic E-state index is 0.590. The second-order valence-corrected chi connectivity index (χ2v) is 5.99. The van der Waals surface area contributed by atoms with Gasteiger partial charge in [0, 0.05) is 13.1 Å². The fraction of sp³-hybridized carbons (Fsp3) is 0.579. The molecule has 0 spiro atoms. The summed E-state index contributed by atoms with van der Waals surface area (Å²) in [5.41, 5.74) is 0.318. The van der Waals surface area contributed by atoms with E-state index >= 15 is 0 Å². The van der Waals surface area contributed by atoms with Crippen molar-refractivity contribution in [3.8, 4) is 0 Å². The number of alkyl halides is 3. The summed E-state index contributed by atoms with van der Waals surface area (Å²) in [5, 5.41) is 0. The van der Waals surface area contributed by atoms with Gasteiger partial charge in [-0.3, -0.25) is 4.90 Å². The lowest BCUT2D eigenvalue weighted by Crippen LogP contribution is -2.24. The van der Waals surface area contributed by atoms with Crippen LogP contribution >= 0.6 is 0 Å². The second kappa shape index (κ2) is 10.5. The van der Waals surface area contributed by atoms with Crippen molar-refractivity contribution >= 4 is 0 Å². The molecule has 0 unspecified atom stereocenters. The van der Waals surface area contributed by atoms with Gasteiger partial charge in [0.05, 0.1) is 5.56 Å². The molecule has 0 saturated carbocycles. The first kappa shape index (κ1) is 19.8. The van der Waals surface area contributed by atoms with Crippen molar-refractivity contribution in [2.24, 2.45) is 0 Å². The van der Waals surface area contributed by atoms with Crippen LogP contribution in [0.15, 0.2) is 36.9 Å². The van der Waals surface area contributed by atoms with Crippen molar-refractivity contribution in [3.63, 3.8) is 0 Å². The van der Waals surface area contributed by atoms with E-state index in [1.54, 1.807) is 12.1 Å². The highest BCUT2D eigenvalue weighted by Gasteiger charge is 2.29. The van der Waals surface area contributed by atoms with Crippen LogP contribution in [-0.4, -0.2) is 18.0 Å². The summed E-state index contributed by atoms with van der Waals surface area (Å²) >= 11 is 0. The van der Waals surface area contributed by atoms with E-state index in [0.29, 0.717) is 6.54 Å². The normalized spacial score (nSPS) is 11.9. The summed E-state index contributed by atoms with van der Waals surface area (Å²) in [6, 6.07) is 5.46. The van der Waals surface area contributed by atoms with Crippen LogP contribution in [0.25, 0.3) is 0 Å². The van der Waals surface area contributed by atoms with Gasteiger partial charge < -0.3 is 0 Å². The Morgan fingerprint density at radius 2 is 1.61 bits per heavy atom. The van der Waals surface area contributed by atoms with Crippen LogP contribution in [0.2, 0.25) is 0 Å². The van der Waals surface area contributed by atoms with Crippen molar-refractivity contribution < 1.29 is 13.2 Å². The molecule has 1 aromatic carbocycles. The summed E-state index contributed by atoms with van der Waals surface area (Å²) in [4.78, 5) is 2.23. The average Bonchev–Trinajstić information content (AvgIpc) is 2.50. The van der Waals surface area contributed by atoms with Crippen molar-refractivity contribution in [2.45, 2.75) is 58.2 Å². The maximum Gasteiger partial charge on any atom is 0.416 e. The van der Waals surface area contributed by atoms with Crippen molar-refractivity contribution in [1.29, 1.82) is 0 Å². The Balaban J connectivity index is 2.44. The van der Waals surface area contributed by atoms with Gasteiger partial charge in [0.2, 0.25) is 0 Å². The molecule has 0 aromatic heterocycles. The molecule has 0 saturated heterocycles. The maximum absolute atomic E-state index is 12.6. The smallest absolute Gasteiger partial charge is 0.295 e. The Bertz CT molecular complexity index is 437. The standard InChI is InChI=1S/C19H28F3N/c1-3-5-6-7-8-9-15-23(14-4-2)16-17-10-12-18(13-11-17)19(20,21)22/h4,10-13H,2-3,5-9,14-16H2,1H3. The minimum Gasteiger partial charge on any atom is -0.295 e. The number of benzene rings is 1. The molecule has 23 heavy (non-hydrogen) atoms. The van der Waals surface area contributed by atoms with Crippen LogP contribution in [0.5, 0.6) is 0 Å². The fourth-order valence-electron chi connectivity index (χ4n) is 2.59. The van der Waals surface area contributed by atoms with E-state index in [2.05, 4.69) is 18.4 Å². The first-order valence-electron chi connectivity index (χ1n) is 8.46. The highest BCUT2D eigenvalue weighted by Crippen LogP contribution is 2.29. The highest BCUT2D eigenvalue weighted by atomic mass is 19.4. The number of halogens is 3. The first-order valence-corrected chi connectivity index (χ1v) is 8.46. The molecule has 4 heteroatoms. The monoisotopic (exact) mass is 327 g/mol. The molecule has 0 atom stereocenters. The predicted molar refractivity (Wildman–Crippen MR) is 90.3 cm³/mol. The van der Waals surface area contributed by atoms with Crippen LogP contribution < -0.4 is 0 Å². The fourth-order valence-corrected chi connectivity index (χ4v) is 2.59. The van der Waals surface area contributed by atoms with Gasteiger partial charge in [-0.05, 0) is 30.7 Å². The van der Waals surface area contributed by atoms with E-state index in [1.165, 1.54) is 32.1 Å². The zero-order valence-electron chi connectivity index (χ0n) is 14.0. The molecule has 1 nitrogen and oxygen atoms in total. The molecule has 0 N–H and O–H groups in total. The molecule has 0 aliphatic heterocycles. The number of hydrogen-bond donors (Lipinski definition) is 0. The quantitative estimate of drug-likeness (QED) is 0.353. The molecular weight excluding hydrogens is 299 g/mol. The Morgan fingerprint density at radius 1 is 1.00 bits per heavy atom. The Morgan fingerprint density at radius 3 is 2.17 bits per heavy atom. The maximum atomic E-state index is 12.6. The van der Waals surface area contributed by atoms with Crippen molar-refractivity contribution in [1.82, 2.24) is 4.90 Å². The third-order valence-electron chi connectivity index (χ3n) is 3.90. The summed E-state index contributed by atoms with van der Waals surface area (Å²) in [6.07, 6.45) is 5.00. The Kier molecular flexibility index (Phi) is 9.00. The van der Waals surface area contributed by atoms with Crippen LogP contribution in [-0.2, 0) is 12.7 Å². The molecule has 0 amide bonds. The van der Waals surface area contributed by atoms with Gasteiger partial charge in [0.15, 0.2) is 0 Å². The van der Waals surface area contributed by atoms with Gasteiger partial charge in [-0.25, -0.2) is 0 Å². The zero-order chi connectivity index (χ0) is 17.1. The van der Waals surface area contributed by atoms with Crippen LogP contribution in [0.4, 0.5) is 13.2 Å².